The molecule has 1 heterocycles. The molecule has 3 N–H and O–H groups in total. The summed E-state index contributed by atoms with van der Waals surface area (Å²) in [5.74, 6) is -0.236. The molecule has 1 saturated heterocycles. The Morgan fingerprint density at radius 3 is 2.86 bits per heavy atom. The van der Waals surface area contributed by atoms with Crippen LogP contribution >= 0.6 is 0 Å². The minimum absolute atomic E-state index is 0.236. The Hall–Kier alpha value is -1.31. The standard InChI is InChI=1S/C14H19F3N2O2/c15-14(16,17)21-12-4-1-3-11(7-12)8-19-10-13(20)5-2-6-18-9-13/h1,3-4,7,18-20H,2,5-6,8-10H2/t13-/m0/s1. The first kappa shape index (κ1) is 16.1. The lowest BCUT2D eigenvalue weighted by molar-refractivity contribution is -0.274. The average Bonchev–Trinajstić information content (AvgIpc) is 2.38. The minimum atomic E-state index is -4.69. The molecular weight excluding hydrogens is 285 g/mol. The second-order valence-corrected chi connectivity index (χ2v) is 5.30. The molecule has 0 aliphatic carbocycles. The molecule has 2 rings (SSSR count). The van der Waals surface area contributed by atoms with Crippen LogP contribution < -0.4 is 15.4 Å². The summed E-state index contributed by atoms with van der Waals surface area (Å²) in [6.45, 7) is 2.19. The zero-order valence-electron chi connectivity index (χ0n) is 11.5. The highest BCUT2D eigenvalue weighted by molar-refractivity contribution is 5.28. The van der Waals surface area contributed by atoms with Crippen LogP contribution in [0.25, 0.3) is 0 Å². The third kappa shape index (κ3) is 5.53. The van der Waals surface area contributed by atoms with E-state index in [1.54, 1.807) is 6.07 Å². The van der Waals surface area contributed by atoms with Crippen LogP contribution in [0.15, 0.2) is 24.3 Å². The van der Waals surface area contributed by atoms with Gasteiger partial charge in [0.25, 0.3) is 0 Å². The summed E-state index contributed by atoms with van der Waals surface area (Å²) in [7, 11) is 0. The van der Waals surface area contributed by atoms with Crippen molar-refractivity contribution in [3.05, 3.63) is 29.8 Å². The lowest BCUT2D eigenvalue weighted by atomic mass is 9.94. The van der Waals surface area contributed by atoms with E-state index in [1.165, 1.54) is 18.2 Å². The van der Waals surface area contributed by atoms with E-state index in [9.17, 15) is 18.3 Å². The lowest BCUT2D eigenvalue weighted by Crippen LogP contribution is -2.51. The van der Waals surface area contributed by atoms with E-state index in [0.717, 1.165) is 13.0 Å². The van der Waals surface area contributed by atoms with Crippen molar-refractivity contribution in [2.24, 2.45) is 0 Å². The molecule has 1 aromatic rings. The number of hydrogen-bond donors (Lipinski definition) is 3. The monoisotopic (exact) mass is 304 g/mol. The number of rotatable bonds is 5. The third-order valence-electron chi connectivity index (χ3n) is 3.36. The molecule has 1 atom stereocenters. The van der Waals surface area contributed by atoms with Crippen molar-refractivity contribution in [2.45, 2.75) is 31.3 Å². The van der Waals surface area contributed by atoms with Crippen LogP contribution in [0, 0.1) is 0 Å². The molecule has 1 fully saturated rings. The second-order valence-electron chi connectivity index (χ2n) is 5.30. The number of benzene rings is 1. The number of alkyl halides is 3. The fourth-order valence-corrected chi connectivity index (χ4v) is 2.39. The molecule has 0 saturated carbocycles. The van der Waals surface area contributed by atoms with Crippen molar-refractivity contribution in [3.63, 3.8) is 0 Å². The zero-order valence-corrected chi connectivity index (χ0v) is 11.5. The third-order valence-corrected chi connectivity index (χ3v) is 3.36. The molecule has 118 valence electrons. The summed E-state index contributed by atoms with van der Waals surface area (Å²) in [5.41, 5.74) is -0.123. The maximum Gasteiger partial charge on any atom is 0.573 e. The summed E-state index contributed by atoms with van der Waals surface area (Å²) in [6.07, 6.45) is -3.06. The van der Waals surface area contributed by atoms with E-state index in [2.05, 4.69) is 15.4 Å². The van der Waals surface area contributed by atoms with E-state index in [4.69, 9.17) is 0 Å². The van der Waals surface area contributed by atoms with Crippen molar-refractivity contribution < 1.29 is 23.0 Å². The van der Waals surface area contributed by atoms with Gasteiger partial charge in [-0.05, 0) is 37.1 Å². The van der Waals surface area contributed by atoms with Gasteiger partial charge in [-0.3, -0.25) is 0 Å². The Kier molecular flexibility index (Phi) is 5.08. The molecule has 7 heteroatoms. The molecule has 0 unspecified atom stereocenters. The summed E-state index contributed by atoms with van der Waals surface area (Å²) in [4.78, 5) is 0. The number of hydrogen-bond acceptors (Lipinski definition) is 4. The van der Waals surface area contributed by atoms with Gasteiger partial charge in [-0.25, -0.2) is 0 Å². The quantitative estimate of drug-likeness (QED) is 0.776. The summed E-state index contributed by atoms with van der Waals surface area (Å²) in [6, 6.07) is 5.81. The van der Waals surface area contributed by atoms with Crippen molar-refractivity contribution >= 4 is 0 Å². The first-order valence-corrected chi connectivity index (χ1v) is 6.85. The highest BCUT2D eigenvalue weighted by Gasteiger charge is 2.31. The zero-order chi connectivity index (χ0) is 15.3. The van der Waals surface area contributed by atoms with Gasteiger partial charge in [0.2, 0.25) is 0 Å². The summed E-state index contributed by atoms with van der Waals surface area (Å²) < 4.78 is 40.3. The molecule has 0 amide bonds. The summed E-state index contributed by atoms with van der Waals surface area (Å²) >= 11 is 0. The number of halogens is 3. The van der Waals surface area contributed by atoms with Crippen molar-refractivity contribution in [2.75, 3.05) is 19.6 Å². The Morgan fingerprint density at radius 2 is 2.19 bits per heavy atom. The number of nitrogens with one attached hydrogen (secondary N) is 2. The van der Waals surface area contributed by atoms with Crippen LogP contribution in [0.3, 0.4) is 0 Å². The van der Waals surface area contributed by atoms with Gasteiger partial charge in [-0.2, -0.15) is 0 Å². The molecule has 1 aliphatic rings. The first-order chi connectivity index (χ1) is 9.86. The van der Waals surface area contributed by atoms with Gasteiger partial charge in [-0.1, -0.05) is 12.1 Å². The molecule has 0 spiro atoms. The SMILES string of the molecule is O[C@@]1(CNCc2cccc(OC(F)(F)F)c2)CCCNC1. The van der Waals surface area contributed by atoms with Crippen LogP contribution in [0.1, 0.15) is 18.4 Å². The normalized spacial score (nSPS) is 23.0. The largest absolute Gasteiger partial charge is 0.573 e. The molecule has 1 aromatic carbocycles. The maximum atomic E-state index is 12.1. The van der Waals surface area contributed by atoms with Gasteiger partial charge >= 0.3 is 6.36 Å². The Labute approximate surface area is 121 Å². The van der Waals surface area contributed by atoms with E-state index in [1.807, 2.05) is 0 Å². The van der Waals surface area contributed by atoms with Crippen molar-refractivity contribution in [3.8, 4) is 5.75 Å². The first-order valence-electron chi connectivity index (χ1n) is 6.85. The number of piperidine rings is 1. The average molecular weight is 304 g/mol. The summed E-state index contributed by atoms with van der Waals surface area (Å²) in [5, 5.41) is 16.5. The molecule has 0 aromatic heterocycles. The van der Waals surface area contributed by atoms with Gasteiger partial charge in [0.1, 0.15) is 5.75 Å². The van der Waals surface area contributed by atoms with Crippen LogP contribution in [-0.2, 0) is 6.54 Å². The maximum absolute atomic E-state index is 12.1. The Bertz CT molecular complexity index is 460. The van der Waals surface area contributed by atoms with Gasteiger partial charge in [-0.15, -0.1) is 13.2 Å². The van der Waals surface area contributed by atoms with Gasteiger partial charge < -0.3 is 20.5 Å². The van der Waals surface area contributed by atoms with Gasteiger partial charge in [0, 0.05) is 19.6 Å². The predicted molar refractivity (Wildman–Crippen MR) is 71.9 cm³/mol. The molecule has 1 aliphatic heterocycles. The van der Waals surface area contributed by atoms with Crippen molar-refractivity contribution in [1.82, 2.24) is 10.6 Å². The molecule has 0 bridgehead atoms. The fourth-order valence-electron chi connectivity index (χ4n) is 2.39. The highest BCUT2D eigenvalue weighted by atomic mass is 19.4. The highest BCUT2D eigenvalue weighted by Crippen LogP contribution is 2.23. The Balaban J connectivity index is 1.84. The van der Waals surface area contributed by atoms with Gasteiger partial charge in [0.05, 0.1) is 5.60 Å². The van der Waals surface area contributed by atoms with Crippen LogP contribution in [0.4, 0.5) is 13.2 Å². The van der Waals surface area contributed by atoms with Gasteiger partial charge in [0.15, 0.2) is 0 Å². The van der Waals surface area contributed by atoms with E-state index < -0.39 is 12.0 Å². The van der Waals surface area contributed by atoms with Crippen molar-refractivity contribution in [1.29, 1.82) is 0 Å². The number of aliphatic hydroxyl groups is 1. The fraction of sp³-hybridized carbons (Fsp3) is 0.571. The minimum Gasteiger partial charge on any atom is -0.406 e. The van der Waals surface area contributed by atoms with Crippen LogP contribution in [-0.4, -0.2) is 36.7 Å². The second kappa shape index (κ2) is 6.64. The predicted octanol–water partition coefficient (Wildman–Crippen LogP) is 1.79. The number of β-amino-alcohol motifs (C(OH)–C–C–N with tert-alkyl or cyclic N) is 1. The smallest absolute Gasteiger partial charge is 0.406 e. The van der Waals surface area contributed by atoms with Crippen LogP contribution in [0.2, 0.25) is 0 Å². The molecule has 21 heavy (non-hydrogen) atoms. The van der Waals surface area contributed by atoms with E-state index >= 15 is 0 Å². The lowest BCUT2D eigenvalue weighted by Gasteiger charge is -2.32. The molecule has 0 radical (unpaired) electrons. The topological polar surface area (TPSA) is 53.5 Å². The van der Waals surface area contributed by atoms with E-state index in [-0.39, 0.29) is 5.75 Å². The molecule has 4 nitrogen and oxygen atoms in total. The van der Waals surface area contributed by atoms with Crippen LogP contribution in [0.5, 0.6) is 5.75 Å². The van der Waals surface area contributed by atoms with E-state index in [0.29, 0.717) is 31.6 Å². The number of ether oxygens (including phenoxy) is 1. The molecular formula is C14H19F3N2O2. The Morgan fingerprint density at radius 1 is 1.38 bits per heavy atom.